The van der Waals surface area contributed by atoms with Gasteiger partial charge in [-0.05, 0) is 48.7 Å². The number of amides is 1. The zero-order valence-electron chi connectivity index (χ0n) is 12.8. The topological polar surface area (TPSA) is 50.5 Å². The van der Waals surface area contributed by atoms with Gasteiger partial charge in [-0.15, -0.1) is 0 Å². The van der Waals surface area contributed by atoms with Crippen LogP contribution >= 0.6 is 11.6 Å². The Morgan fingerprint density at radius 1 is 1.12 bits per heavy atom. The molecule has 120 valence electrons. The summed E-state index contributed by atoms with van der Waals surface area (Å²) >= 11 is 6.04. The van der Waals surface area contributed by atoms with E-state index in [1.807, 2.05) is 24.3 Å². The molecular weight excluding hydrogens is 326 g/mol. The molecule has 1 aliphatic heterocycles. The zero-order valence-corrected chi connectivity index (χ0v) is 13.5. The summed E-state index contributed by atoms with van der Waals surface area (Å²) in [5.41, 5.74) is 1.75. The minimum Gasteiger partial charge on any atom is -0.422 e. The molecule has 0 fully saturated rings. The highest BCUT2D eigenvalue weighted by molar-refractivity contribution is 6.30. The number of anilines is 1. The van der Waals surface area contributed by atoms with Gasteiger partial charge >= 0.3 is 5.63 Å². The molecule has 0 N–H and O–H groups in total. The van der Waals surface area contributed by atoms with Crippen LogP contribution in [0.2, 0.25) is 5.02 Å². The third-order valence-electron chi connectivity index (χ3n) is 4.28. The smallest absolute Gasteiger partial charge is 0.349 e. The third kappa shape index (κ3) is 2.49. The Bertz CT molecular complexity index is 1010. The van der Waals surface area contributed by atoms with Gasteiger partial charge in [0.15, 0.2) is 0 Å². The van der Waals surface area contributed by atoms with Crippen molar-refractivity contribution in [3.8, 4) is 0 Å². The molecule has 1 aromatic heterocycles. The lowest BCUT2D eigenvalue weighted by Gasteiger charge is -2.29. The van der Waals surface area contributed by atoms with Crippen LogP contribution in [0, 0.1) is 0 Å². The minimum atomic E-state index is -0.611. The number of para-hydroxylation sites is 1. The van der Waals surface area contributed by atoms with E-state index in [-0.39, 0.29) is 11.5 Å². The number of nitrogens with zero attached hydrogens (tertiary/aromatic N) is 1. The molecule has 0 unspecified atom stereocenters. The lowest BCUT2D eigenvalue weighted by atomic mass is 10.0. The summed E-state index contributed by atoms with van der Waals surface area (Å²) in [6.07, 6.45) is 1.70. The highest BCUT2D eigenvalue weighted by Crippen LogP contribution is 2.30. The van der Waals surface area contributed by atoms with Gasteiger partial charge in [0.25, 0.3) is 5.91 Å². The first-order valence-corrected chi connectivity index (χ1v) is 8.14. The summed E-state index contributed by atoms with van der Waals surface area (Å²) < 4.78 is 5.29. The van der Waals surface area contributed by atoms with Crippen LogP contribution in [0.4, 0.5) is 5.69 Å². The average molecular weight is 340 g/mol. The number of hydrogen-bond acceptors (Lipinski definition) is 3. The molecule has 1 aliphatic rings. The van der Waals surface area contributed by atoms with Gasteiger partial charge in [0.1, 0.15) is 11.1 Å². The molecule has 0 bridgehead atoms. The molecule has 0 atom stereocenters. The molecule has 2 heterocycles. The van der Waals surface area contributed by atoms with Gasteiger partial charge in [0, 0.05) is 22.6 Å². The lowest BCUT2D eigenvalue weighted by Crippen LogP contribution is -2.37. The largest absolute Gasteiger partial charge is 0.422 e. The van der Waals surface area contributed by atoms with Crippen molar-refractivity contribution in [2.45, 2.75) is 12.8 Å². The van der Waals surface area contributed by atoms with Crippen molar-refractivity contribution in [1.29, 1.82) is 0 Å². The molecule has 4 rings (SSSR count). The minimum absolute atomic E-state index is 0.0523. The Labute approximate surface area is 143 Å². The Morgan fingerprint density at radius 3 is 2.83 bits per heavy atom. The fourth-order valence-electron chi connectivity index (χ4n) is 3.13. The van der Waals surface area contributed by atoms with Crippen LogP contribution in [0.15, 0.2) is 57.7 Å². The first-order chi connectivity index (χ1) is 11.6. The highest BCUT2D eigenvalue weighted by Gasteiger charge is 2.26. The van der Waals surface area contributed by atoms with Gasteiger partial charge in [-0.3, -0.25) is 4.79 Å². The summed E-state index contributed by atoms with van der Waals surface area (Å²) in [7, 11) is 0. The Morgan fingerprint density at radius 2 is 1.96 bits per heavy atom. The number of hydrogen-bond donors (Lipinski definition) is 0. The normalized spacial score (nSPS) is 13.8. The van der Waals surface area contributed by atoms with Crippen LogP contribution in [-0.4, -0.2) is 12.5 Å². The number of benzene rings is 2. The van der Waals surface area contributed by atoms with Gasteiger partial charge in [-0.1, -0.05) is 29.8 Å². The first kappa shape index (κ1) is 15.0. The maximum atomic E-state index is 12.9. The standard InChI is InChI=1S/C19H14ClNO3/c20-14-7-8-16-12(10-14)5-3-9-21(16)18(22)15-11-13-4-1-2-6-17(13)24-19(15)23/h1-2,4,6-8,10-11H,3,5,9H2. The first-order valence-electron chi connectivity index (χ1n) is 7.77. The lowest BCUT2D eigenvalue weighted by molar-refractivity contribution is 0.0981. The van der Waals surface area contributed by atoms with Gasteiger partial charge < -0.3 is 9.32 Å². The number of carbonyl (C=O) groups excluding carboxylic acids is 1. The second-order valence-electron chi connectivity index (χ2n) is 5.82. The zero-order chi connectivity index (χ0) is 16.7. The van der Waals surface area contributed by atoms with E-state index in [1.165, 1.54) is 0 Å². The van der Waals surface area contributed by atoms with Gasteiger partial charge in [-0.2, -0.15) is 0 Å². The van der Waals surface area contributed by atoms with Crippen LogP contribution in [-0.2, 0) is 6.42 Å². The molecule has 2 aromatic carbocycles. The molecule has 0 spiro atoms. The van der Waals surface area contributed by atoms with E-state index in [2.05, 4.69) is 0 Å². The van der Waals surface area contributed by atoms with Crippen molar-refractivity contribution in [1.82, 2.24) is 0 Å². The fraction of sp³-hybridized carbons (Fsp3) is 0.158. The average Bonchev–Trinajstić information content (AvgIpc) is 2.59. The van der Waals surface area contributed by atoms with Crippen LogP contribution < -0.4 is 10.5 Å². The van der Waals surface area contributed by atoms with Crippen molar-refractivity contribution < 1.29 is 9.21 Å². The van der Waals surface area contributed by atoms with Crippen LogP contribution in [0.1, 0.15) is 22.3 Å². The third-order valence-corrected chi connectivity index (χ3v) is 4.51. The monoisotopic (exact) mass is 339 g/mol. The summed E-state index contributed by atoms with van der Waals surface area (Å²) in [4.78, 5) is 26.8. The molecule has 0 radical (unpaired) electrons. The predicted molar refractivity (Wildman–Crippen MR) is 93.9 cm³/mol. The number of aryl methyl sites for hydroxylation is 1. The van der Waals surface area contributed by atoms with E-state index in [0.29, 0.717) is 17.2 Å². The molecule has 5 heteroatoms. The molecule has 0 saturated carbocycles. The van der Waals surface area contributed by atoms with E-state index in [9.17, 15) is 9.59 Å². The summed E-state index contributed by atoms with van der Waals surface area (Å²) in [5, 5.41) is 1.38. The van der Waals surface area contributed by atoms with Crippen molar-refractivity contribution in [3.05, 3.63) is 75.1 Å². The summed E-state index contributed by atoms with van der Waals surface area (Å²) in [5.74, 6) is -0.335. The van der Waals surface area contributed by atoms with Crippen molar-refractivity contribution in [2.24, 2.45) is 0 Å². The molecule has 1 amide bonds. The Kier molecular flexibility index (Phi) is 3.62. The molecule has 4 nitrogen and oxygen atoms in total. The summed E-state index contributed by atoms with van der Waals surface area (Å²) in [6.45, 7) is 0.569. The maximum absolute atomic E-state index is 12.9. The SMILES string of the molecule is O=C(c1cc2ccccc2oc1=O)N1CCCc2cc(Cl)ccc21. The van der Waals surface area contributed by atoms with Gasteiger partial charge in [0.05, 0.1) is 0 Å². The fourth-order valence-corrected chi connectivity index (χ4v) is 3.33. The number of fused-ring (bicyclic) bond motifs is 2. The molecule has 0 aliphatic carbocycles. The van der Waals surface area contributed by atoms with E-state index < -0.39 is 5.63 Å². The van der Waals surface area contributed by atoms with Crippen molar-refractivity contribution in [3.63, 3.8) is 0 Å². The van der Waals surface area contributed by atoms with E-state index >= 15 is 0 Å². The molecule has 3 aromatic rings. The predicted octanol–water partition coefficient (Wildman–Crippen LogP) is 4.04. The van der Waals surface area contributed by atoms with Crippen LogP contribution in [0.3, 0.4) is 0 Å². The highest BCUT2D eigenvalue weighted by atomic mass is 35.5. The summed E-state index contributed by atoms with van der Waals surface area (Å²) in [6, 6.07) is 14.2. The van der Waals surface area contributed by atoms with Crippen molar-refractivity contribution >= 4 is 34.2 Å². The van der Waals surface area contributed by atoms with E-state index in [4.69, 9.17) is 16.0 Å². The Hall–Kier alpha value is -2.59. The van der Waals surface area contributed by atoms with Gasteiger partial charge in [-0.25, -0.2) is 4.79 Å². The Balaban J connectivity index is 1.80. The molecule has 0 saturated heterocycles. The second kappa shape index (κ2) is 5.80. The number of halogens is 1. The molecular formula is C19H14ClNO3. The van der Waals surface area contributed by atoms with E-state index in [0.717, 1.165) is 29.5 Å². The quantitative estimate of drug-likeness (QED) is 0.629. The van der Waals surface area contributed by atoms with Crippen LogP contribution in [0.25, 0.3) is 11.0 Å². The number of rotatable bonds is 1. The van der Waals surface area contributed by atoms with Gasteiger partial charge in [0.2, 0.25) is 0 Å². The molecule has 24 heavy (non-hydrogen) atoms. The van der Waals surface area contributed by atoms with Crippen LogP contribution in [0.5, 0.6) is 0 Å². The number of carbonyl (C=O) groups is 1. The van der Waals surface area contributed by atoms with E-state index in [1.54, 1.807) is 29.2 Å². The second-order valence-corrected chi connectivity index (χ2v) is 6.26. The maximum Gasteiger partial charge on any atom is 0.349 e. The van der Waals surface area contributed by atoms with Crippen molar-refractivity contribution in [2.75, 3.05) is 11.4 Å².